The molecule has 2 aliphatic rings. The predicted molar refractivity (Wildman–Crippen MR) is 134 cm³/mol. The summed E-state index contributed by atoms with van der Waals surface area (Å²) in [6.07, 6.45) is 5.20. The molecule has 2 aromatic rings. The molecule has 5 nitrogen and oxygen atoms in total. The van der Waals surface area contributed by atoms with Gasteiger partial charge in [0.15, 0.2) is 0 Å². The zero-order chi connectivity index (χ0) is 24.6. The van der Waals surface area contributed by atoms with E-state index >= 15 is 4.39 Å². The lowest BCUT2D eigenvalue weighted by atomic mass is 9.89. The van der Waals surface area contributed by atoms with Crippen molar-refractivity contribution in [3.63, 3.8) is 0 Å². The van der Waals surface area contributed by atoms with Crippen molar-refractivity contribution in [2.24, 2.45) is 4.99 Å². The Morgan fingerprint density at radius 3 is 2.62 bits per heavy atom. The van der Waals surface area contributed by atoms with Gasteiger partial charge in [0.05, 0.1) is 18.1 Å². The fraction of sp³-hybridized carbons (Fsp3) is 0.464. The number of hydrogen-bond acceptors (Lipinski definition) is 4. The van der Waals surface area contributed by atoms with Crippen molar-refractivity contribution in [2.45, 2.75) is 77.5 Å². The molecule has 3 atom stereocenters. The lowest BCUT2D eigenvalue weighted by Crippen LogP contribution is -2.45. The van der Waals surface area contributed by atoms with Crippen molar-refractivity contribution >= 4 is 17.8 Å². The molecular weight excluding hydrogens is 429 g/mol. The summed E-state index contributed by atoms with van der Waals surface area (Å²) >= 11 is 0. The maximum absolute atomic E-state index is 15.1. The standard InChI is InChI=1S/C28H34FN3O2/c1-16-17(2)24-15-32(26-7-5-6-8-27(26)33)28(34)22(24)12-21(16)11-20-10-9-19(13-25(20)29)23(14-31-4)18(3)30/h9-10,12-14,23,26-27,30,33H,5-8,11,15H2,1-4H3. The van der Waals surface area contributed by atoms with E-state index in [1.54, 1.807) is 26.3 Å². The van der Waals surface area contributed by atoms with Crippen LogP contribution in [0.2, 0.25) is 0 Å². The number of amides is 1. The number of benzene rings is 2. The molecular formula is C28H34FN3O2. The smallest absolute Gasteiger partial charge is 0.254 e. The molecule has 1 aliphatic carbocycles. The number of nitrogens with zero attached hydrogens (tertiary/aromatic N) is 2. The topological polar surface area (TPSA) is 76.8 Å². The monoisotopic (exact) mass is 463 g/mol. The first-order chi connectivity index (χ1) is 16.2. The highest BCUT2D eigenvalue weighted by molar-refractivity contribution is 6.01. The average molecular weight is 464 g/mol. The van der Waals surface area contributed by atoms with Gasteiger partial charge >= 0.3 is 0 Å². The van der Waals surface area contributed by atoms with Gasteiger partial charge in [0.1, 0.15) is 5.82 Å². The molecule has 3 unspecified atom stereocenters. The number of carbonyl (C=O) groups excluding carboxylic acids is 1. The van der Waals surface area contributed by atoms with E-state index in [4.69, 9.17) is 5.41 Å². The summed E-state index contributed by atoms with van der Waals surface area (Å²) in [7, 11) is 1.65. The predicted octanol–water partition coefficient (Wildman–Crippen LogP) is 5.12. The van der Waals surface area contributed by atoms with Gasteiger partial charge in [0, 0.05) is 37.5 Å². The summed E-state index contributed by atoms with van der Waals surface area (Å²) in [5, 5.41) is 18.5. The van der Waals surface area contributed by atoms with Gasteiger partial charge in [-0.05, 0) is 79.1 Å². The molecule has 34 heavy (non-hydrogen) atoms. The lowest BCUT2D eigenvalue weighted by molar-refractivity contribution is 0.0191. The van der Waals surface area contributed by atoms with Crippen LogP contribution >= 0.6 is 0 Å². The maximum atomic E-state index is 15.1. The van der Waals surface area contributed by atoms with Crippen molar-refractivity contribution in [1.29, 1.82) is 5.41 Å². The number of carbonyl (C=O) groups is 1. The van der Waals surface area contributed by atoms with Gasteiger partial charge in [0.2, 0.25) is 0 Å². The van der Waals surface area contributed by atoms with Crippen LogP contribution in [-0.2, 0) is 13.0 Å². The highest BCUT2D eigenvalue weighted by Gasteiger charge is 2.38. The highest BCUT2D eigenvalue weighted by Crippen LogP contribution is 2.35. The molecule has 4 rings (SSSR count). The SMILES string of the molecule is CN=CC(C(C)=N)c1ccc(Cc2cc3c(c(C)c2C)CN(C2CCCCC2O)C3=O)c(F)c1. The van der Waals surface area contributed by atoms with E-state index in [9.17, 15) is 9.90 Å². The Bertz CT molecular complexity index is 1160. The fourth-order valence-corrected chi connectivity index (χ4v) is 5.44. The van der Waals surface area contributed by atoms with Gasteiger partial charge in [-0.2, -0.15) is 0 Å². The van der Waals surface area contributed by atoms with Crippen LogP contribution in [0.3, 0.4) is 0 Å². The van der Waals surface area contributed by atoms with Crippen LogP contribution in [0, 0.1) is 25.1 Å². The Balaban J connectivity index is 1.62. The Hall–Kier alpha value is -2.86. The van der Waals surface area contributed by atoms with Crippen molar-refractivity contribution < 1.29 is 14.3 Å². The summed E-state index contributed by atoms with van der Waals surface area (Å²) in [4.78, 5) is 19.2. The van der Waals surface area contributed by atoms with Gasteiger partial charge in [0.25, 0.3) is 5.91 Å². The van der Waals surface area contributed by atoms with Crippen molar-refractivity contribution in [2.75, 3.05) is 7.05 Å². The zero-order valence-electron chi connectivity index (χ0n) is 20.5. The summed E-state index contributed by atoms with van der Waals surface area (Å²) in [6.45, 7) is 6.30. The number of aliphatic hydroxyl groups is 1. The molecule has 1 heterocycles. The van der Waals surface area contributed by atoms with Crippen LogP contribution in [0.5, 0.6) is 0 Å². The van der Waals surface area contributed by atoms with Crippen LogP contribution in [-0.4, -0.2) is 47.0 Å². The van der Waals surface area contributed by atoms with E-state index in [2.05, 4.69) is 4.99 Å². The number of fused-ring (bicyclic) bond motifs is 1. The first-order valence-corrected chi connectivity index (χ1v) is 12.1. The molecule has 1 saturated carbocycles. The van der Waals surface area contributed by atoms with Crippen molar-refractivity contribution in [3.8, 4) is 0 Å². The fourth-order valence-electron chi connectivity index (χ4n) is 5.44. The minimum absolute atomic E-state index is 0.0238. The van der Waals surface area contributed by atoms with Gasteiger partial charge in [-0.1, -0.05) is 25.0 Å². The third kappa shape index (κ3) is 4.43. The minimum Gasteiger partial charge on any atom is -0.391 e. The number of hydrogen-bond donors (Lipinski definition) is 2. The molecule has 1 fully saturated rings. The number of rotatable bonds is 6. The summed E-state index contributed by atoms with van der Waals surface area (Å²) < 4.78 is 15.1. The normalized spacial score (nSPS) is 21.2. The molecule has 2 aromatic carbocycles. The molecule has 0 spiro atoms. The molecule has 6 heteroatoms. The summed E-state index contributed by atoms with van der Waals surface area (Å²) in [5.41, 5.74) is 6.49. The second kappa shape index (κ2) is 9.79. The largest absolute Gasteiger partial charge is 0.391 e. The van der Waals surface area contributed by atoms with Crippen LogP contribution in [0.25, 0.3) is 0 Å². The van der Waals surface area contributed by atoms with Crippen LogP contribution in [0.15, 0.2) is 29.3 Å². The molecule has 1 aliphatic heterocycles. The van der Waals surface area contributed by atoms with Gasteiger partial charge in [-0.3, -0.25) is 9.79 Å². The third-order valence-corrected chi connectivity index (χ3v) is 7.64. The number of nitrogens with one attached hydrogen (secondary N) is 1. The van der Waals surface area contributed by atoms with E-state index in [-0.39, 0.29) is 23.7 Å². The first kappa shape index (κ1) is 24.3. The summed E-state index contributed by atoms with van der Waals surface area (Å²) in [6, 6.07) is 6.93. The van der Waals surface area contributed by atoms with Gasteiger partial charge in [-0.25, -0.2) is 4.39 Å². The van der Waals surface area contributed by atoms with E-state index in [1.807, 2.05) is 30.9 Å². The van der Waals surface area contributed by atoms with Crippen molar-refractivity contribution in [1.82, 2.24) is 4.90 Å². The van der Waals surface area contributed by atoms with E-state index in [0.29, 0.717) is 35.4 Å². The Morgan fingerprint density at radius 1 is 1.24 bits per heavy atom. The highest BCUT2D eigenvalue weighted by atomic mass is 19.1. The molecule has 1 amide bonds. The number of aliphatic imine (C=N–C) groups is 1. The maximum Gasteiger partial charge on any atom is 0.254 e. The van der Waals surface area contributed by atoms with Crippen molar-refractivity contribution in [3.05, 3.63) is 69.0 Å². The molecule has 0 saturated heterocycles. The zero-order valence-corrected chi connectivity index (χ0v) is 20.5. The van der Waals surface area contributed by atoms with E-state index in [1.165, 1.54) is 6.07 Å². The second-order valence-corrected chi connectivity index (χ2v) is 9.76. The molecule has 0 bridgehead atoms. The van der Waals surface area contributed by atoms with E-state index in [0.717, 1.165) is 47.9 Å². The quantitative estimate of drug-likeness (QED) is 0.584. The first-order valence-electron chi connectivity index (χ1n) is 12.1. The lowest BCUT2D eigenvalue weighted by Gasteiger charge is -2.35. The minimum atomic E-state index is -0.466. The molecule has 2 N–H and O–H groups in total. The van der Waals surface area contributed by atoms with Crippen LogP contribution in [0.4, 0.5) is 4.39 Å². The Morgan fingerprint density at radius 2 is 1.97 bits per heavy atom. The third-order valence-electron chi connectivity index (χ3n) is 7.64. The van der Waals surface area contributed by atoms with E-state index < -0.39 is 6.10 Å². The average Bonchev–Trinajstić information content (AvgIpc) is 3.13. The van der Waals surface area contributed by atoms with Gasteiger partial charge < -0.3 is 15.4 Å². The second-order valence-electron chi connectivity index (χ2n) is 9.76. The summed E-state index contributed by atoms with van der Waals surface area (Å²) in [5.74, 6) is -0.676. The molecule has 0 radical (unpaired) electrons. The number of halogens is 1. The Kier molecular flexibility index (Phi) is 6.99. The molecule has 180 valence electrons. The van der Waals surface area contributed by atoms with Gasteiger partial charge in [-0.15, -0.1) is 0 Å². The van der Waals surface area contributed by atoms with Crippen LogP contribution in [0.1, 0.15) is 82.3 Å². The van der Waals surface area contributed by atoms with Crippen LogP contribution < -0.4 is 0 Å². The molecule has 0 aromatic heterocycles. The Labute approximate surface area is 201 Å². The number of aliphatic hydroxyl groups excluding tert-OH is 1.